The lowest BCUT2D eigenvalue weighted by atomic mass is 10.1. The van der Waals surface area contributed by atoms with E-state index in [0.29, 0.717) is 38.2 Å². The predicted molar refractivity (Wildman–Crippen MR) is 120 cm³/mol. The average molecular weight is 424 g/mol. The first-order valence-corrected chi connectivity index (χ1v) is 9.93. The molecule has 0 aliphatic rings. The lowest BCUT2D eigenvalue weighted by molar-refractivity contribution is 0.102. The number of aliphatic hydroxyl groups is 1. The van der Waals surface area contributed by atoms with Crippen LogP contribution in [0.25, 0.3) is 0 Å². The number of rotatable bonds is 13. The van der Waals surface area contributed by atoms with Crippen LogP contribution in [0.1, 0.15) is 25.0 Å². The number of hydrogen-bond donors (Lipinski definition) is 2. The summed E-state index contributed by atoms with van der Waals surface area (Å²) < 4.78 is 16.9. The molecule has 0 aliphatic carbocycles. The van der Waals surface area contributed by atoms with Gasteiger partial charge in [0, 0.05) is 12.6 Å². The molecule has 0 amide bonds. The van der Waals surface area contributed by atoms with Crippen molar-refractivity contribution < 1.29 is 19.3 Å². The van der Waals surface area contributed by atoms with Crippen LogP contribution in [0.4, 0.5) is 0 Å². The minimum absolute atomic E-state index is 0. The van der Waals surface area contributed by atoms with Crippen LogP contribution >= 0.6 is 12.4 Å². The number of hydrogen-bond acceptors (Lipinski definition) is 5. The molecule has 0 heterocycles. The number of ether oxygens (including phenoxy) is 3. The standard InChI is InChI=1S/C23H33NO4.ClH/c1-18(2)24-16-21(25)17-28-23-10-8-22(9-11-23)27-15-14-26-13-12-20-6-4-19(3)5-7-20;/h4-11,18,21,24-25H,12-17H2,1-3H3;1H. The fourth-order valence-corrected chi connectivity index (χ4v) is 2.52. The highest BCUT2D eigenvalue weighted by Gasteiger charge is 2.06. The van der Waals surface area contributed by atoms with Gasteiger partial charge in [-0.3, -0.25) is 0 Å². The Hall–Kier alpha value is -1.79. The van der Waals surface area contributed by atoms with E-state index in [1.54, 1.807) is 0 Å². The van der Waals surface area contributed by atoms with Gasteiger partial charge in [0.15, 0.2) is 0 Å². The molecule has 6 heteroatoms. The molecular formula is C23H34ClNO4. The number of aryl methyl sites for hydroxylation is 1. The third kappa shape index (κ3) is 11.1. The molecule has 2 aromatic carbocycles. The maximum atomic E-state index is 9.86. The molecule has 0 spiro atoms. The molecule has 162 valence electrons. The predicted octanol–water partition coefficient (Wildman–Crippen LogP) is 3.79. The van der Waals surface area contributed by atoms with E-state index in [0.717, 1.165) is 12.2 Å². The monoisotopic (exact) mass is 423 g/mol. The molecule has 2 N–H and O–H groups in total. The van der Waals surface area contributed by atoms with Crippen molar-refractivity contribution in [3.63, 3.8) is 0 Å². The molecule has 29 heavy (non-hydrogen) atoms. The molecule has 2 aromatic rings. The van der Waals surface area contributed by atoms with E-state index in [9.17, 15) is 5.11 Å². The maximum absolute atomic E-state index is 9.86. The van der Waals surface area contributed by atoms with E-state index in [2.05, 4.69) is 36.5 Å². The van der Waals surface area contributed by atoms with Crippen LogP contribution in [0.5, 0.6) is 11.5 Å². The van der Waals surface area contributed by atoms with E-state index in [4.69, 9.17) is 14.2 Å². The molecular weight excluding hydrogens is 390 g/mol. The zero-order valence-electron chi connectivity index (χ0n) is 17.6. The summed E-state index contributed by atoms with van der Waals surface area (Å²) in [4.78, 5) is 0. The molecule has 0 aliphatic heterocycles. The van der Waals surface area contributed by atoms with E-state index < -0.39 is 6.10 Å². The van der Waals surface area contributed by atoms with Crippen LogP contribution in [0.2, 0.25) is 0 Å². The van der Waals surface area contributed by atoms with Crippen molar-refractivity contribution in [2.75, 3.05) is 33.0 Å². The number of aliphatic hydroxyl groups excluding tert-OH is 1. The highest BCUT2D eigenvalue weighted by atomic mass is 35.5. The lowest BCUT2D eigenvalue weighted by Gasteiger charge is -2.15. The molecule has 1 atom stereocenters. The normalized spacial score (nSPS) is 11.8. The highest BCUT2D eigenvalue weighted by Crippen LogP contribution is 2.17. The largest absolute Gasteiger partial charge is 0.491 e. The van der Waals surface area contributed by atoms with Gasteiger partial charge in [-0.15, -0.1) is 12.4 Å². The zero-order chi connectivity index (χ0) is 20.2. The van der Waals surface area contributed by atoms with Crippen LogP contribution in [0, 0.1) is 6.92 Å². The molecule has 0 fully saturated rings. The van der Waals surface area contributed by atoms with Crippen molar-refractivity contribution in [2.24, 2.45) is 0 Å². The Morgan fingerprint density at radius 2 is 1.48 bits per heavy atom. The minimum Gasteiger partial charge on any atom is -0.491 e. The Bertz CT molecular complexity index is 662. The Balaban J connectivity index is 0.00000420. The van der Waals surface area contributed by atoms with Crippen LogP contribution in [0.3, 0.4) is 0 Å². The molecule has 0 saturated heterocycles. The van der Waals surface area contributed by atoms with Gasteiger partial charge in [0.1, 0.15) is 30.8 Å². The van der Waals surface area contributed by atoms with Crippen molar-refractivity contribution >= 4 is 12.4 Å². The average Bonchev–Trinajstić information content (AvgIpc) is 2.69. The molecule has 1 unspecified atom stereocenters. The van der Waals surface area contributed by atoms with Crippen molar-refractivity contribution in [3.05, 3.63) is 59.7 Å². The molecule has 0 radical (unpaired) electrons. The van der Waals surface area contributed by atoms with Crippen molar-refractivity contribution in [1.82, 2.24) is 5.32 Å². The van der Waals surface area contributed by atoms with Gasteiger partial charge in [-0.2, -0.15) is 0 Å². The SMILES string of the molecule is Cc1ccc(CCOCCOc2ccc(OCC(O)CNC(C)C)cc2)cc1.Cl. The summed E-state index contributed by atoms with van der Waals surface area (Å²) in [5, 5.41) is 13.0. The summed E-state index contributed by atoms with van der Waals surface area (Å²) >= 11 is 0. The first-order chi connectivity index (χ1) is 13.5. The molecule has 5 nitrogen and oxygen atoms in total. The van der Waals surface area contributed by atoms with E-state index in [1.807, 2.05) is 38.1 Å². The number of benzene rings is 2. The van der Waals surface area contributed by atoms with Crippen LogP contribution < -0.4 is 14.8 Å². The van der Waals surface area contributed by atoms with Gasteiger partial charge < -0.3 is 24.6 Å². The van der Waals surface area contributed by atoms with Gasteiger partial charge in [0.25, 0.3) is 0 Å². The second-order valence-electron chi connectivity index (χ2n) is 7.20. The highest BCUT2D eigenvalue weighted by molar-refractivity contribution is 5.85. The third-order valence-corrected chi connectivity index (χ3v) is 4.18. The zero-order valence-corrected chi connectivity index (χ0v) is 18.4. The Kier molecular flexibility index (Phi) is 12.4. The maximum Gasteiger partial charge on any atom is 0.119 e. The van der Waals surface area contributed by atoms with Gasteiger partial charge in [-0.25, -0.2) is 0 Å². The first kappa shape index (κ1) is 25.2. The second-order valence-corrected chi connectivity index (χ2v) is 7.20. The summed E-state index contributed by atoms with van der Waals surface area (Å²) in [5.74, 6) is 1.49. The smallest absolute Gasteiger partial charge is 0.119 e. The second kappa shape index (κ2) is 14.2. The summed E-state index contributed by atoms with van der Waals surface area (Å²) in [5.41, 5.74) is 2.56. The minimum atomic E-state index is -0.532. The summed E-state index contributed by atoms with van der Waals surface area (Å²) in [6.07, 6.45) is 0.376. The molecule has 0 bridgehead atoms. The van der Waals surface area contributed by atoms with Crippen LogP contribution in [-0.2, 0) is 11.2 Å². The number of nitrogens with one attached hydrogen (secondary N) is 1. The van der Waals surface area contributed by atoms with Crippen LogP contribution in [-0.4, -0.2) is 50.2 Å². The van der Waals surface area contributed by atoms with Crippen molar-refractivity contribution in [3.8, 4) is 11.5 Å². The van der Waals surface area contributed by atoms with Gasteiger partial charge in [0.05, 0.1) is 13.2 Å². The molecule has 0 saturated carbocycles. The van der Waals surface area contributed by atoms with Gasteiger partial charge in [0.2, 0.25) is 0 Å². The molecule has 0 aromatic heterocycles. The fraction of sp³-hybridized carbons (Fsp3) is 0.478. The van der Waals surface area contributed by atoms with E-state index in [-0.39, 0.29) is 19.0 Å². The lowest BCUT2D eigenvalue weighted by Crippen LogP contribution is -2.35. The fourth-order valence-electron chi connectivity index (χ4n) is 2.52. The Morgan fingerprint density at radius 1 is 0.862 bits per heavy atom. The third-order valence-electron chi connectivity index (χ3n) is 4.18. The van der Waals surface area contributed by atoms with Crippen molar-refractivity contribution in [2.45, 2.75) is 39.3 Å². The Labute approximate surface area is 180 Å². The van der Waals surface area contributed by atoms with Gasteiger partial charge in [-0.1, -0.05) is 43.7 Å². The van der Waals surface area contributed by atoms with Gasteiger partial charge >= 0.3 is 0 Å². The first-order valence-electron chi connectivity index (χ1n) is 9.93. The number of halogens is 1. The van der Waals surface area contributed by atoms with E-state index >= 15 is 0 Å². The van der Waals surface area contributed by atoms with E-state index in [1.165, 1.54) is 11.1 Å². The van der Waals surface area contributed by atoms with Gasteiger partial charge in [-0.05, 0) is 43.2 Å². The topological polar surface area (TPSA) is 60.0 Å². The molecule has 2 rings (SSSR count). The Morgan fingerprint density at radius 3 is 2.10 bits per heavy atom. The summed E-state index contributed by atoms with van der Waals surface area (Å²) in [6, 6.07) is 16.3. The summed E-state index contributed by atoms with van der Waals surface area (Å²) in [6.45, 7) is 8.70. The summed E-state index contributed by atoms with van der Waals surface area (Å²) in [7, 11) is 0. The van der Waals surface area contributed by atoms with Crippen LogP contribution in [0.15, 0.2) is 48.5 Å². The quantitative estimate of drug-likeness (QED) is 0.480. The van der Waals surface area contributed by atoms with Crippen molar-refractivity contribution in [1.29, 1.82) is 0 Å².